The van der Waals surface area contributed by atoms with Crippen molar-refractivity contribution in [3.63, 3.8) is 0 Å². The fourth-order valence-electron chi connectivity index (χ4n) is 2.77. The topological polar surface area (TPSA) is 78.3 Å². The number of aromatic nitrogens is 3. The van der Waals surface area contributed by atoms with Gasteiger partial charge in [-0.2, -0.15) is 10.1 Å². The number of esters is 1. The maximum atomic E-state index is 12.6. The van der Waals surface area contributed by atoms with E-state index in [1.54, 1.807) is 18.7 Å². The SMILES string of the molecule is CCOC(=O)C1=C(C)Nc2ncnn2[C@H]1c1cc(Br)ccc1OC. The number of carbonyl (C=O) groups is 1. The number of anilines is 1. The van der Waals surface area contributed by atoms with E-state index in [0.29, 0.717) is 29.6 Å². The first-order valence-corrected chi connectivity index (χ1v) is 8.24. The summed E-state index contributed by atoms with van der Waals surface area (Å²) in [6.07, 6.45) is 1.45. The van der Waals surface area contributed by atoms with Crippen molar-refractivity contribution in [1.29, 1.82) is 0 Å². The number of hydrogen-bond acceptors (Lipinski definition) is 6. The van der Waals surface area contributed by atoms with Gasteiger partial charge in [-0.15, -0.1) is 0 Å². The molecule has 0 bridgehead atoms. The van der Waals surface area contributed by atoms with Crippen LogP contribution in [0.4, 0.5) is 5.95 Å². The van der Waals surface area contributed by atoms with Crippen LogP contribution < -0.4 is 10.1 Å². The summed E-state index contributed by atoms with van der Waals surface area (Å²) in [5.41, 5.74) is 1.95. The van der Waals surface area contributed by atoms with Crippen LogP contribution >= 0.6 is 15.9 Å². The molecule has 0 saturated carbocycles. The molecular formula is C16H17BrN4O3. The molecule has 2 aromatic rings. The molecule has 3 rings (SSSR count). The lowest BCUT2D eigenvalue weighted by Crippen LogP contribution is -2.30. The predicted molar refractivity (Wildman–Crippen MR) is 91.8 cm³/mol. The van der Waals surface area contributed by atoms with Gasteiger partial charge in [0.05, 0.1) is 19.3 Å². The molecule has 1 aromatic carbocycles. The lowest BCUT2D eigenvalue weighted by atomic mass is 9.95. The summed E-state index contributed by atoms with van der Waals surface area (Å²) >= 11 is 3.48. The molecule has 0 spiro atoms. The molecule has 1 aliphatic rings. The van der Waals surface area contributed by atoms with Crippen LogP contribution in [0, 0.1) is 0 Å². The second-order valence-corrected chi connectivity index (χ2v) is 6.12. The Hall–Kier alpha value is -2.35. The van der Waals surface area contributed by atoms with Crippen LogP contribution in [0.15, 0.2) is 40.3 Å². The van der Waals surface area contributed by atoms with E-state index in [9.17, 15) is 4.79 Å². The van der Waals surface area contributed by atoms with Gasteiger partial charge in [0.1, 0.15) is 18.1 Å². The quantitative estimate of drug-likeness (QED) is 0.805. The van der Waals surface area contributed by atoms with Crippen molar-refractivity contribution in [3.8, 4) is 5.75 Å². The third-order valence-electron chi connectivity index (χ3n) is 3.78. The van der Waals surface area contributed by atoms with E-state index in [2.05, 4.69) is 31.3 Å². The van der Waals surface area contributed by atoms with Gasteiger partial charge < -0.3 is 14.8 Å². The molecule has 0 radical (unpaired) electrons. The maximum Gasteiger partial charge on any atom is 0.338 e. The summed E-state index contributed by atoms with van der Waals surface area (Å²) in [5.74, 6) is 0.824. The van der Waals surface area contributed by atoms with Crippen molar-refractivity contribution in [2.24, 2.45) is 0 Å². The minimum Gasteiger partial charge on any atom is -0.496 e. The molecule has 1 aromatic heterocycles. The van der Waals surface area contributed by atoms with Crippen molar-refractivity contribution in [1.82, 2.24) is 14.8 Å². The molecule has 0 fully saturated rings. The Balaban J connectivity index is 2.22. The first-order chi connectivity index (χ1) is 11.6. The smallest absolute Gasteiger partial charge is 0.338 e. The monoisotopic (exact) mass is 392 g/mol. The number of rotatable bonds is 4. The molecule has 0 saturated heterocycles. The number of halogens is 1. The van der Waals surface area contributed by atoms with E-state index in [-0.39, 0.29) is 0 Å². The summed E-state index contributed by atoms with van der Waals surface area (Å²) in [5, 5.41) is 7.37. The van der Waals surface area contributed by atoms with E-state index < -0.39 is 12.0 Å². The number of ether oxygens (including phenoxy) is 2. The van der Waals surface area contributed by atoms with Gasteiger partial charge in [0.15, 0.2) is 0 Å². The molecule has 126 valence electrons. The Morgan fingerprint density at radius 3 is 2.96 bits per heavy atom. The van der Waals surface area contributed by atoms with Gasteiger partial charge in [0.25, 0.3) is 0 Å². The van der Waals surface area contributed by atoms with E-state index in [1.807, 2.05) is 25.1 Å². The lowest BCUT2D eigenvalue weighted by Gasteiger charge is -2.29. The average molecular weight is 393 g/mol. The lowest BCUT2D eigenvalue weighted by molar-refractivity contribution is -0.139. The molecule has 8 heteroatoms. The van der Waals surface area contributed by atoms with Crippen LogP contribution in [0.5, 0.6) is 5.75 Å². The number of methoxy groups -OCH3 is 1. The number of nitrogens with one attached hydrogen (secondary N) is 1. The Labute approximate surface area is 147 Å². The summed E-state index contributed by atoms with van der Waals surface area (Å²) in [6, 6.07) is 5.14. The molecule has 0 amide bonds. The highest BCUT2D eigenvalue weighted by Gasteiger charge is 2.35. The summed E-state index contributed by atoms with van der Waals surface area (Å²) < 4.78 is 13.3. The van der Waals surface area contributed by atoms with Crippen LogP contribution in [0.25, 0.3) is 0 Å². The zero-order valence-electron chi connectivity index (χ0n) is 13.5. The zero-order chi connectivity index (χ0) is 17.3. The van der Waals surface area contributed by atoms with Gasteiger partial charge >= 0.3 is 5.97 Å². The molecule has 0 aliphatic carbocycles. The highest BCUT2D eigenvalue weighted by atomic mass is 79.9. The second-order valence-electron chi connectivity index (χ2n) is 5.20. The number of allylic oxidation sites excluding steroid dienone is 1. The first-order valence-electron chi connectivity index (χ1n) is 7.44. The minimum absolute atomic E-state index is 0.294. The number of hydrogen-bond donors (Lipinski definition) is 1. The molecule has 7 nitrogen and oxygen atoms in total. The fraction of sp³-hybridized carbons (Fsp3) is 0.312. The normalized spacial score (nSPS) is 16.4. The summed E-state index contributed by atoms with van der Waals surface area (Å²) in [7, 11) is 1.59. The van der Waals surface area contributed by atoms with Gasteiger partial charge in [-0.25, -0.2) is 9.48 Å². The number of benzene rings is 1. The summed E-state index contributed by atoms with van der Waals surface area (Å²) in [6.45, 7) is 3.89. The van der Waals surface area contributed by atoms with Crippen LogP contribution in [-0.4, -0.2) is 34.5 Å². The Kier molecular flexibility index (Phi) is 4.57. The van der Waals surface area contributed by atoms with Gasteiger partial charge in [-0.1, -0.05) is 15.9 Å². The van der Waals surface area contributed by atoms with Gasteiger partial charge in [-0.05, 0) is 32.0 Å². The molecule has 1 atom stereocenters. The maximum absolute atomic E-state index is 12.6. The van der Waals surface area contributed by atoms with E-state index in [4.69, 9.17) is 9.47 Å². The largest absolute Gasteiger partial charge is 0.496 e. The Bertz CT molecular complexity index is 815. The molecule has 1 aliphatic heterocycles. The van der Waals surface area contributed by atoms with Crippen LogP contribution in [0.2, 0.25) is 0 Å². The zero-order valence-corrected chi connectivity index (χ0v) is 15.1. The average Bonchev–Trinajstić information content (AvgIpc) is 3.01. The number of fused-ring (bicyclic) bond motifs is 1. The molecule has 0 unspecified atom stereocenters. The van der Waals surface area contributed by atoms with E-state index in [1.165, 1.54) is 6.33 Å². The minimum atomic E-state index is -0.491. The van der Waals surface area contributed by atoms with Gasteiger partial charge in [0.2, 0.25) is 5.95 Å². The van der Waals surface area contributed by atoms with Crippen molar-refractivity contribution in [3.05, 3.63) is 45.8 Å². The van der Waals surface area contributed by atoms with Crippen molar-refractivity contribution < 1.29 is 14.3 Å². The Morgan fingerprint density at radius 2 is 2.25 bits per heavy atom. The van der Waals surface area contributed by atoms with Crippen molar-refractivity contribution >= 4 is 27.8 Å². The third-order valence-corrected chi connectivity index (χ3v) is 4.27. The highest BCUT2D eigenvalue weighted by Crippen LogP contribution is 2.40. The third kappa shape index (κ3) is 2.77. The van der Waals surface area contributed by atoms with Gasteiger partial charge in [-0.3, -0.25) is 0 Å². The molecule has 24 heavy (non-hydrogen) atoms. The standard InChI is InChI=1S/C16H17BrN4O3/c1-4-24-15(22)13-9(2)20-16-18-8-19-21(16)14(13)11-7-10(17)5-6-12(11)23-3/h5-8,14H,4H2,1-3H3,(H,18,19,20)/t14-/m0/s1. The van der Waals surface area contributed by atoms with Crippen molar-refractivity contribution in [2.75, 3.05) is 19.0 Å². The van der Waals surface area contributed by atoms with Crippen LogP contribution in [0.1, 0.15) is 25.5 Å². The van der Waals surface area contributed by atoms with E-state index in [0.717, 1.165) is 10.0 Å². The number of nitrogens with zero attached hydrogens (tertiary/aromatic N) is 3. The summed E-state index contributed by atoms with van der Waals surface area (Å²) in [4.78, 5) is 16.8. The highest BCUT2D eigenvalue weighted by molar-refractivity contribution is 9.10. The van der Waals surface area contributed by atoms with Crippen LogP contribution in [-0.2, 0) is 9.53 Å². The first kappa shape index (κ1) is 16.5. The molecule has 1 N–H and O–H groups in total. The van der Waals surface area contributed by atoms with Crippen molar-refractivity contribution in [2.45, 2.75) is 19.9 Å². The Morgan fingerprint density at radius 1 is 1.46 bits per heavy atom. The van der Waals surface area contributed by atoms with Crippen LogP contribution in [0.3, 0.4) is 0 Å². The molecular weight excluding hydrogens is 376 g/mol. The number of carbonyl (C=O) groups excluding carboxylic acids is 1. The molecule has 2 heterocycles. The van der Waals surface area contributed by atoms with E-state index >= 15 is 0 Å². The fourth-order valence-corrected chi connectivity index (χ4v) is 3.15. The van der Waals surface area contributed by atoms with Gasteiger partial charge in [0, 0.05) is 15.7 Å². The predicted octanol–water partition coefficient (Wildman–Crippen LogP) is 2.90. The second kappa shape index (κ2) is 6.64.